The number of aromatic nitrogens is 1. The predicted molar refractivity (Wildman–Crippen MR) is 115 cm³/mol. The van der Waals surface area contributed by atoms with E-state index in [0.29, 0.717) is 18.8 Å². The molecule has 3 aromatic rings. The second kappa shape index (κ2) is 7.34. The molecule has 2 aromatic heterocycles. The fraction of sp³-hybridized carbons (Fsp3) is 0.391. The number of amides is 2. The molecule has 2 aliphatic rings. The minimum absolute atomic E-state index is 0.0392. The SMILES string of the molecule is Cn1c(C(=O)N2CCC[C@H](C(=O)N3CCc4ccccc4C3)C2)cc2sccc21. The Labute approximate surface area is 174 Å². The number of hydrogen-bond acceptors (Lipinski definition) is 3. The second-order valence-electron chi connectivity index (χ2n) is 8.13. The molecule has 2 amide bonds. The van der Waals surface area contributed by atoms with Crippen LogP contribution in [0.25, 0.3) is 10.2 Å². The van der Waals surface area contributed by atoms with Gasteiger partial charge < -0.3 is 14.4 Å². The number of thiophene rings is 1. The summed E-state index contributed by atoms with van der Waals surface area (Å²) in [6, 6.07) is 12.4. The van der Waals surface area contributed by atoms with Crippen molar-refractivity contribution >= 4 is 33.4 Å². The summed E-state index contributed by atoms with van der Waals surface area (Å²) in [7, 11) is 1.94. The molecule has 0 N–H and O–H groups in total. The summed E-state index contributed by atoms with van der Waals surface area (Å²) in [6.07, 6.45) is 2.66. The number of fused-ring (bicyclic) bond motifs is 2. The second-order valence-corrected chi connectivity index (χ2v) is 9.08. The fourth-order valence-electron chi connectivity index (χ4n) is 4.72. The van der Waals surface area contributed by atoms with Gasteiger partial charge in [-0.2, -0.15) is 0 Å². The van der Waals surface area contributed by atoms with E-state index in [4.69, 9.17) is 0 Å². The van der Waals surface area contributed by atoms with E-state index in [1.165, 1.54) is 11.1 Å². The zero-order valence-electron chi connectivity index (χ0n) is 16.6. The lowest BCUT2D eigenvalue weighted by Crippen LogP contribution is -2.48. The number of carbonyl (C=O) groups excluding carboxylic acids is 2. The molecule has 0 spiro atoms. The van der Waals surface area contributed by atoms with Crippen LogP contribution in [0.3, 0.4) is 0 Å². The Morgan fingerprint density at radius 2 is 1.90 bits per heavy atom. The average molecular weight is 408 g/mol. The Hall–Kier alpha value is -2.60. The van der Waals surface area contributed by atoms with Crippen LogP contribution in [-0.4, -0.2) is 45.8 Å². The first-order valence-electron chi connectivity index (χ1n) is 10.3. The molecule has 1 atom stereocenters. The normalized spacial score (nSPS) is 19.4. The Kier molecular flexibility index (Phi) is 4.66. The van der Waals surface area contributed by atoms with Gasteiger partial charge in [-0.3, -0.25) is 9.59 Å². The molecular weight excluding hydrogens is 382 g/mol. The zero-order chi connectivity index (χ0) is 20.0. The lowest BCUT2D eigenvalue weighted by molar-refractivity contribution is -0.137. The first kappa shape index (κ1) is 18.4. The van der Waals surface area contributed by atoms with Gasteiger partial charge in [0.25, 0.3) is 5.91 Å². The predicted octanol–water partition coefficient (Wildman–Crippen LogP) is 3.68. The van der Waals surface area contributed by atoms with Gasteiger partial charge in [0.1, 0.15) is 5.69 Å². The number of hydrogen-bond donors (Lipinski definition) is 0. The molecule has 0 aliphatic carbocycles. The highest BCUT2D eigenvalue weighted by atomic mass is 32.1. The van der Waals surface area contributed by atoms with Gasteiger partial charge in [0.15, 0.2) is 0 Å². The molecule has 1 saturated heterocycles. The first-order chi connectivity index (χ1) is 14.1. The van der Waals surface area contributed by atoms with Crippen LogP contribution in [0.15, 0.2) is 41.8 Å². The van der Waals surface area contributed by atoms with E-state index in [1.54, 1.807) is 11.3 Å². The first-order valence-corrected chi connectivity index (χ1v) is 11.2. The number of likely N-dealkylation sites (tertiary alicyclic amines) is 1. The summed E-state index contributed by atoms with van der Waals surface area (Å²) in [5.41, 5.74) is 4.40. The Morgan fingerprint density at radius 1 is 1.07 bits per heavy atom. The van der Waals surface area contributed by atoms with E-state index in [9.17, 15) is 9.59 Å². The molecule has 1 fully saturated rings. The molecule has 29 heavy (non-hydrogen) atoms. The van der Waals surface area contributed by atoms with Crippen molar-refractivity contribution in [3.05, 3.63) is 58.6 Å². The van der Waals surface area contributed by atoms with E-state index >= 15 is 0 Å². The topological polar surface area (TPSA) is 45.6 Å². The molecule has 4 heterocycles. The van der Waals surface area contributed by atoms with Gasteiger partial charge in [-0.25, -0.2) is 0 Å². The van der Waals surface area contributed by atoms with E-state index in [1.807, 2.05) is 45.0 Å². The van der Waals surface area contributed by atoms with Crippen LogP contribution in [0, 0.1) is 5.92 Å². The van der Waals surface area contributed by atoms with Crippen LogP contribution in [0.1, 0.15) is 34.5 Å². The van der Waals surface area contributed by atoms with Crippen molar-refractivity contribution in [3.63, 3.8) is 0 Å². The highest BCUT2D eigenvalue weighted by Crippen LogP contribution is 2.28. The molecule has 0 radical (unpaired) electrons. The van der Waals surface area contributed by atoms with Crippen molar-refractivity contribution in [1.82, 2.24) is 14.4 Å². The monoisotopic (exact) mass is 407 g/mol. The third-order valence-corrected chi connectivity index (χ3v) is 7.24. The number of aryl methyl sites for hydroxylation is 1. The molecule has 0 saturated carbocycles. The molecular formula is C23H25N3O2S. The summed E-state index contributed by atoms with van der Waals surface area (Å²) >= 11 is 1.65. The molecule has 5 rings (SSSR count). The molecule has 1 aromatic carbocycles. The maximum Gasteiger partial charge on any atom is 0.270 e. The smallest absolute Gasteiger partial charge is 0.270 e. The van der Waals surface area contributed by atoms with Gasteiger partial charge in [0, 0.05) is 33.2 Å². The number of rotatable bonds is 2. The van der Waals surface area contributed by atoms with Crippen molar-refractivity contribution in [2.75, 3.05) is 19.6 Å². The lowest BCUT2D eigenvalue weighted by Gasteiger charge is -2.36. The third-order valence-electron chi connectivity index (χ3n) is 6.38. The number of benzene rings is 1. The molecule has 5 nitrogen and oxygen atoms in total. The fourth-order valence-corrected chi connectivity index (χ4v) is 5.57. The van der Waals surface area contributed by atoms with Crippen molar-refractivity contribution in [3.8, 4) is 0 Å². The zero-order valence-corrected chi connectivity index (χ0v) is 17.5. The lowest BCUT2D eigenvalue weighted by atomic mass is 9.93. The van der Waals surface area contributed by atoms with Crippen molar-refractivity contribution in [2.45, 2.75) is 25.8 Å². The van der Waals surface area contributed by atoms with Gasteiger partial charge in [0.2, 0.25) is 5.91 Å². The standard InChI is InChI=1S/C23H25N3O2S/c1-24-19-9-12-29-21(19)13-20(24)23(28)25-10-4-7-18(15-25)22(27)26-11-8-16-5-2-3-6-17(16)14-26/h2-3,5-6,9,12-13,18H,4,7-8,10-11,14-15H2,1H3/t18-/m0/s1. The van der Waals surface area contributed by atoms with E-state index in [-0.39, 0.29) is 17.7 Å². The van der Waals surface area contributed by atoms with Gasteiger partial charge in [0.05, 0.1) is 16.1 Å². The van der Waals surface area contributed by atoms with Crippen LogP contribution in [-0.2, 0) is 24.8 Å². The minimum atomic E-state index is -0.0978. The number of nitrogens with zero attached hydrogens (tertiary/aromatic N) is 3. The molecule has 2 aliphatic heterocycles. The summed E-state index contributed by atoms with van der Waals surface area (Å²) < 4.78 is 3.11. The summed E-state index contributed by atoms with van der Waals surface area (Å²) in [5.74, 6) is 0.140. The van der Waals surface area contributed by atoms with Crippen molar-refractivity contribution < 1.29 is 9.59 Å². The van der Waals surface area contributed by atoms with Gasteiger partial charge in [-0.1, -0.05) is 24.3 Å². The van der Waals surface area contributed by atoms with Gasteiger partial charge in [-0.15, -0.1) is 11.3 Å². The highest BCUT2D eigenvalue weighted by molar-refractivity contribution is 7.17. The minimum Gasteiger partial charge on any atom is -0.339 e. The molecule has 0 unspecified atom stereocenters. The van der Waals surface area contributed by atoms with Crippen LogP contribution < -0.4 is 0 Å². The van der Waals surface area contributed by atoms with E-state index < -0.39 is 0 Å². The Balaban J connectivity index is 1.30. The molecule has 0 bridgehead atoms. The maximum atomic E-state index is 13.2. The van der Waals surface area contributed by atoms with Crippen LogP contribution in [0.4, 0.5) is 0 Å². The third kappa shape index (κ3) is 3.25. The van der Waals surface area contributed by atoms with Crippen LogP contribution in [0.2, 0.25) is 0 Å². The number of piperidine rings is 1. The van der Waals surface area contributed by atoms with Gasteiger partial charge in [-0.05, 0) is 47.9 Å². The van der Waals surface area contributed by atoms with Crippen molar-refractivity contribution in [2.24, 2.45) is 13.0 Å². The molecule has 6 heteroatoms. The van der Waals surface area contributed by atoms with E-state index in [2.05, 4.69) is 18.2 Å². The maximum absolute atomic E-state index is 13.2. The largest absolute Gasteiger partial charge is 0.339 e. The molecule has 150 valence electrons. The summed E-state index contributed by atoms with van der Waals surface area (Å²) in [6.45, 7) is 2.71. The van der Waals surface area contributed by atoms with Crippen molar-refractivity contribution in [1.29, 1.82) is 0 Å². The van der Waals surface area contributed by atoms with Crippen LogP contribution >= 0.6 is 11.3 Å². The van der Waals surface area contributed by atoms with Crippen LogP contribution in [0.5, 0.6) is 0 Å². The Morgan fingerprint density at radius 3 is 2.72 bits per heavy atom. The number of carbonyl (C=O) groups is 2. The summed E-state index contributed by atoms with van der Waals surface area (Å²) in [5, 5.41) is 2.05. The van der Waals surface area contributed by atoms with Gasteiger partial charge >= 0.3 is 0 Å². The Bertz CT molecular complexity index is 1080. The quantitative estimate of drug-likeness (QED) is 0.651. The van der Waals surface area contributed by atoms with E-state index in [0.717, 1.165) is 42.6 Å². The average Bonchev–Trinajstić information content (AvgIpc) is 3.35. The highest BCUT2D eigenvalue weighted by Gasteiger charge is 2.33. The summed E-state index contributed by atoms with van der Waals surface area (Å²) in [4.78, 5) is 30.3.